The van der Waals surface area contributed by atoms with E-state index in [2.05, 4.69) is 12.2 Å². The minimum atomic E-state index is -0.167. The fourth-order valence-corrected chi connectivity index (χ4v) is 1.24. The number of hydrogen-bond acceptors (Lipinski definition) is 2. The van der Waals surface area contributed by atoms with E-state index >= 15 is 0 Å². The van der Waals surface area contributed by atoms with Gasteiger partial charge in [-0.1, -0.05) is 0 Å². The summed E-state index contributed by atoms with van der Waals surface area (Å²) in [5, 5.41) is 3.21. The third kappa shape index (κ3) is 1.70. The predicted octanol–water partition coefficient (Wildman–Crippen LogP) is -0.140. The zero-order chi connectivity index (χ0) is 7.56. The number of piperidine rings is 1. The second kappa shape index (κ2) is 3.01. The van der Waals surface area contributed by atoms with Crippen molar-refractivity contribution in [2.24, 2.45) is 11.7 Å². The number of amides is 1. The van der Waals surface area contributed by atoms with Crippen LogP contribution in [0.1, 0.15) is 19.8 Å². The molecule has 1 saturated heterocycles. The Morgan fingerprint density at radius 3 is 2.70 bits per heavy atom. The summed E-state index contributed by atoms with van der Waals surface area (Å²) >= 11 is 0. The van der Waals surface area contributed by atoms with Crippen molar-refractivity contribution in [1.82, 2.24) is 5.32 Å². The summed E-state index contributed by atoms with van der Waals surface area (Å²) in [5.41, 5.74) is 5.13. The molecule has 1 rings (SSSR count). The van der Waals surface area contributed by atoms with Crippen LogP contribution in [0.3, 0.4) is 0 Å². The molecule has 2 atom stereocenters. The maximum absolute atomic E-state index is 10.6. The molecule has 0 spiro atoms. The van der Waals surface area contributed by atoms with E-state index in [1.807, 2.05) is 0 Å². The average molecular weight is 142 g/mol. The van der Waals surface area contributed by atoms with E-state index in [9.17, 15) is 4.79 Å². The van der Waals surface area contributed by atoms with E-state index in [0.717, 1.165) is 19.4 Å². The summed E-state index contributed by atoms with van der Waals surface area (Å²) in [6, 6.07) is 0.551. The molecule has 1 aliphatic heterocycles. The standard InChI is InChI=1S/C7H14N2O/c1-5-2-3-6(4-9-5)7(8)10/h5-6,9H,2-4H2,1H3,(H2,8,10)/t5-,6+/m0/s1. The molecular weight excluding hydrogens is 128 g/mol. The summed E-state index contributed by atoms with van der Waals surface area (Å²) in [7, 11) is 0. The van der Waals surface area contributed by atoms with Crippen molar-refractivity contribution in [2.75, 3.05) is 6.54 Å². The zero-order valence-corrected chi connectivity index (χ0v) is 6.26. The second-order valence-corrected chi connectivity index (χ2v) is 2.99. The molecule has 0 bridgehead atoms. The Bertz CT molecular complexity index is 128. The molecule has 0 unspecified atom stereocenters. The van der Waals surface area contributed by atoms with Crippen molar-refractivity contribution in [2.45, 2.75) is 25.8 Å². The van der Waals surface area contributed by atoms with Crippen LogP contribution in [0, 0.1) is 5.92 Å². The van der Waals surface area contributed by atoms with Gasteiger partial charge in [0.2, 0.25) is 5.91 Å². The van der Waals surface area contributed by atoms with Gasteiger partial charge in [0.25, 0.3) is 0 Å². The van der Waals surface area contributed by atoms with Crippen molar-refractivity contribution in [3.05, 3.63) is 0 Å². The molecule has 1 aliphatic rings. The zero-order valence-electron chi connectivity index (χ0n) is 6.26. The number of primary amides is 1. The van der Waals surface area contributed by atoms with Gasteiger partial charge in [-0.15, -0.1) is 0 Å². The normalized spacial score (nSPS) is 33.7. The van der Waals surface area contributed by atoms with Gasteiger partial charge in [0.15, 0.2) is 0 Å². The average Bonchev–Trinajstić information content (AvgIpc) is 1.88. The summed E-state index contributed by atoms with van der Waals surface area (Å²) < 4.78 is 0. The SMILES string of the molecule is C[C@H]1CC[C@@H](C(N)=O)CN1. The van der Waals surface area contributed by atoms with Gasteiger partial charge >= 0.3 is 0 Å². The fraction of sp³-hybridized carbons (Fsp3) is 0.857. The van der Waals surface area contributed by atoms with E-state index in [1.54, 1.807) is 0 Å². The molecule has 0 radical (unpaired) electrons. The number of carbonyl (C=O) groups is 1. The van der Waals surface area contributed by atoms with Gasteiger partial charge in [0.05, 0.1) is 5.92 Å². The monoisotopic (exact) mass is 142 g/mol. The molecule has 0 aromatic rings. The molecule has 58 valence electrons. The highest BCUT2D eigenvalue weighted by atomic mass is 16.1. The third-order valence-electron chi connectivity index (χ3n) is 2.06. The van der Waals surface area contributed by atoms with E-state index in [4.69, 9.17) is 5.73 Å². The van der Waals surface area contributed by atoms with Crippen molar-refractivity contribution < 1.29 is 4.79 Å². The highest BCUT2D eigenvalue weighted by Gasteiger charge is 2.21. The first-order valence-electron chi connectivity index (χ1n) is 3.73. The van der Waals surface area contributed by atoms with E-state index < -0.39 is 0 Å². The van der Waals surface area contributed by atoms with Crippen molar-refractivity contribution >= 4 is 5.91 Å². The molecule has 3 nitrogen and oxygen atoms in total. The Labute approximate surface area is 61.0 Å². The van der Waals surface area contributed by atoms with Crippen molar-refractivity contribution in [3.63, 3.8) is 0 Å². The summed E-state index contributed by atoms with van der Waals surface area (Å²) in [6.07, 6.45) is 2.01. The lowest BCUT2D eigenvalue weighted by Gasteiger charge is -2.25. The Kier molecular flexibility index (Phi) is 2.27. The molecule has 3 heteroatoms. The Morgan fingerprint density at radius 1 is 1.60 bits per heavy atom. The van der Waals surface area contributed by atoms with Crippen LogP contribution in [0.15, 0.2) is 0 Å². The Hall–Kier alpha value is -0.570. The molecular formula is C7H14N2O. The van der Waals surface area contributed by atoms with Gasteiger partial charge in [0, 0.05) is 12.6 Å². The summed E-state index contributed by atoms with van der Waals surface area (Å²) in [6.45, 7) is 2.88. The highest BCUT2D eigenvalue weighted by Crippen LogP contribution is 2.12. The molecule has 0 saturated carbocycles. The van der Waals surface area contributed by atoms with E-state index in [0.29, 0.717) is 6.04 Å². The molecule has 0 aromatic carbocycles. The van der Waals surface area contributed by atoms with Gasteiger partial charge in [-0.2, -0.15) is 0 Å². The van der Waals surface area contributed by atoms with Gasteiger partial charge < -0.3 is 11.1 Å². The van der Waals surface area contributed by atoms with Crippen LogP contribution >= 0.6 is 0 Å². The van der Waals surface area contributed by atoms with Crippen LogP contribution in [-0.4, -0.2) is 18.5 Å². The molecule has 1 heterocycles. The molecule has 1 fully saturated rings. The van der Waals surface area contributed by atoms with Crippen molar-refractivity contribution in [3.8, 4) is 0 Å². The third-order valence-corrected chi connectivity index (χ3v) is 2.06. The van der Waals surface area contributed by atoms with E-state index in [1.165, 1.54) is 0 Å². The number of nitrogens with one attached hydrogen (secondary N) is 1. The van der Waals surface area contributed by atoms with Crippen LogP contribution in [0.4, 0.5) is 0 Å². The van der Waals surface area contributed by atoms with Gasteiger partial charge in [-0.3, -0.25) is 4.79 Å². The predicted molar refractivity (Wildman–Crippen MR) is 39.4 cm³/mol. The fourth-order valence-electron chi connectivity index (χ4n) is 1.24. The van der Waals surface area contributed by atoms with Crippen LogP contribution in [0.25, 0.3) is 0 Å². The lowest BCUT2D eigenvalue weighted by atomic mass is 9.95. The van der Waals surface area contributed by atoms with Crippen LogP contribution in [0.2, 0.25) is 0 Å². The van der Waals surface area contributed by atoms with Crippen LogP contribution in [0.5, 0.6) is 0 Å². The largest absolute Gasteiger partial charge is 0.369 e. The lowest BCUT2D eigenvalue weighted by Crippen LogP contribution is -2.42. The number of hydrogen-bond donors (Lipinski definition) is 2. The maximum Gasteiger partial charge on any atom is 0.221 e. The molecule has 3 N–H and O–H groups in total. The highest BCUT2D eigenvalue weighted by molar-refractivity contribution is 5.76. The Balaban J connectivity index is 2.33. The minimum absolute atomic E-state index is 0.0659. The van der Waals surface area contributed by atoms with Crippen molar-refractivity contribution in [1.29, 1.82) is 0 Å². The van der Waals surface area contributed by atoms with E-state index in [-0.39, 0.29) is 11.8 Å². The van der Waals surface area contributed by atoms with Crippen LogP contribution < -0.4 is 11.1 Å². The lowest BCUT2D eigenvalue weighted by molar-refractivity contribution is -0.122. The molecule has 0 aliphatic carbocycles. The summed E-state index contributed by atoms with van der Waals surface area (Å²) in [5.74, 6) is -0.101. The first-order valence-corrected chi connectivity index (χ1v) is 3.73. The molecule has 10 heavy (non-hydrogen) atoms. The molecule has 1 amide bonds. The van der Waals surface area contributed by atoms with Gasteiger partial charge in [-0.05, 0) is 19.8 Å². The topological polar surface area (TPSA) is 55.1 Å². The Morgan fingerprint density at radius 2 is 2.30 bits per heavy atom. The van der Waals surface area contributed by atoms with Gasteiger partial charge in [0.1, 0.15) is 0 Å². The van der Waals surface area contributed by atoms with Gasteiger partial charge in [-0.25, -0.2) is 0 Å². The molecule has 0 aromatic heterocycles. The summed E-state index contributed by atoms with van der Waals surface area (Å²) in [4.78, 5) is 10.6. The quantitative estimate of drug-likeness (QED) is 0.535. The first-order chi connectivity index (χ1) is 4.70. The second-order valence-electron chi connectivity index (χ2n) is 2.99. The number of nitrogens with two attached hydrogens (primary N) is 1. The minimum Gasteiger partial charge on any atom is -0.369 e. The first kappa shape index (κ1) is 7.54. The maximum atomic E-state index is 10.6. The smallest absolute Gasteiger partial charge is 0.221 e. The number of rotatable bonds is 1. The van der Waals surface area contributed by atoms with Crippen LogP contribution in [-0.2, 0) is 4.79 Å². The number of carbonyl (C=O) groups excluding carboxylic acids is 1.